The number of thioether (sulfide) groups is 1. The van der Waals surface area contributed by atoms with Crippen LogP contribution in [-0.2, 0) is 44.0 Å². The predicted octanol–water partition coefficient (Wildman–Crippen LogP) is 2.42. The summed E-state index contributed by atoms with van der Waals surface area (Å²) in [4.78, 5) is 76.3. The molecule has 0 aliphatic carbocycles. The molecular weight excluding hydrogens is 1040 g/mol. The van der Waals surface area contributed by atoms with Crippen molar-refractivity contribution in [3.8, 4) is 40.5 Å². The molecule has 0 aliphatic rings. The number of aliphatic hydroxyl groups is 2. The summed E-state index contributed by atoms with van der Waals surface area (Å²) < 4.78 is 85.6. The number of anilines is 1. The van der Waals surface area contributed by atoms with Gasteiger partial charge in [0, 0.05) is 21.9 Å². The monoisotopic (exact) mass is 1080 g/mol. The molecular formula is C42H42ClF6N9O14S. The zero-order chi connectivity index (χ0) is 55.4. The van der Waals surface area contributed by atoms with Gasteiger partial charge in [-0.3, -0.25) is 9.59 Å². The van der Waals surface area contributed by atoms with E-state index in [0.29, 0.717) is 27.7 Å². The maximum Gasteiger partial charge on any atom is 0.490 e. The lowest BCUT2D eigenvalue weighted by Crippen LogP contribution is -2.52. The van der Waals surface area contributed by atoms with Gasteiger partial charge in [-0.05, 0) is 55.8 Å². The number of hydrogen-bond acceptors (Lipinski definition) is 20. The number of alkyl halides is 6. The molecule has 0 spiro atoms. The number of hydrogen-bond donors (Lipinski definition) is 9. The van der Waals surface area contributed by atoms with Crippen molar-refractivity contribution in [2.24, 2.45) is 11.5 Å². The molecule has 0 radical (unpaired) electrons. The summed E-state index contributed by atoms with van der Waals surface area (Å²) in [5.74, 6) is -8.53. The Morgan fingerprint density at radius 1 is 0.781 bits per heavy atom. The Kier molecular flexibility index (Phi) is 23.8. The first-order valence-electron chi connectivity index (χ1n) is 20.1. The summed E-state index contributed by atoms with van der Waals surface area (Å²) in [6, 6.07) is 14.1. The van der Waals surface area contributed by atoms with Crippen LogP contribution in [0.5, 0.6) is 5.75 Å². The predicted molar refractivity (Wildman–Crippen MR) is 239 cm³/mol. The quantitative estimate of drug-likeness (QED) is 0.0370. The number of aliphatic carboxylic acids is 2. The lowest BCUT2D eigenvalue weighted by atomic mass is 9.97. The van der Waals surface area contributed by atoms with Gasteiger partial charge in [-0.15, -0.1) is 0 Å². The second kappa shape index (κ2) is 28.3. The van der Waals surface area contributed by atoms with Gasteiger partial charge in [0.2, 0.25) is 17.7 Å². The Morgan fingerprint density at radius 2 is 1.26 bits per heavy atom. The molecule has 5 atom stereocenters. The molecule has 4 rings (SSSR count). The summed E-state index contributed by atoms with van der Waals surface area (Å²) in [5.41, 5.74) is 18.8. The SMILES string of the molecule is C[C@@H](O)[C@H](NC(=O)CN)C(=O)OC[C@H](COc1ccc(-c2c(C#N)c(N)nc(SCc3coc(-c4ccc(Cl)cc4)n3)c2C#N)cc1)OC(=O)[C@@H](NC(=O)CN)[C@@H](C)O.O=C(O)C(F)(F)F.O=C(O)C(F)(F)F. The number of carbonyl (C=O) groups is 6. The van der Waals surface area contributed by atoms with Crippen molar-refractivity contribution in [3.63, 3.8) is 0 Å². The van der Waals surface area contributed by atoms with Crippen molar-refractivity contribution in [1.29, 1.82) is 10.5 Å². The van der Waals surface area contributed by atoms with Crippen LogP contribution < -0.4 is 32.6 Å². The minimum absolute atomic E-state index is 0.0348. The first kappa shape index (κ1) is 61.4. The van der Waals surface area contributed by atoms with Crippen LogP contribution in [0, 0.1) is 22.7 Å². The van der Waals surface area contributed by atoms with E-state index in [1.165, 1.54) is 44.0 Å². The highest BCUT2D eigenvalue weighted by Crippen LogP contribution is 2.37. The first-order valence-corrected chi connectivity index (χ1v) is 21.5. The number of nitrogen functional groups attached to an aromatic ring is 1. The second-order valence-electron chi connectivity index (χ2n) is 14.2. The molecule has 0 saturated heterocycles. The van der Waals surface area contributed by atoms with Gasteiger partial charge in [0.25, 0.3) is 0 Å². The van der Waals surface area contributed by atoms with Crippen LogP contribution in [0.2, 0.25) is 5.02 Å². The van der Waals surface area contributed by atoms with Crippen molar-refractivity contribution in [3.05, 3.63) is 76.6 Å². The third-order valence-electron chi connectivity index (χ3n) is 8.65. The highest BCUT2D eigenvalue weighted by molar-refractivity contribution is 7.98. The van der Waals surface area contributed by atoms with Crippen LogP contribution in [-0.4, -0.2) is 135 Å². The number of ether oxygens (including phenoxy) is 3. The molecule has 2 amide bonds. The van der Waals surface area contributed by atoms with Crippen molar-refractivity contribution >= 4 is 64.9 Å². The smallest absolute Gasteiger partial charge is 0.490 e. The number of aliphatic hydroxyl groups excluding tert-OH is 2. The standard InChI is InChI=1S/C38H40ClN9O10S.2C2HF3O2/c1-19(49)32(46-29(51)13-42)37(53)57-17-26(58-38(54)33(20(2)50)47-30(52)14-43)16-55-25-9-5-21(6-10-25)31-27(11-40)34(44)48-36(28(31)12-41)59-18-24-15-56-35(45-24)22-3-7-23(39)8-4-22;2*3-2(4,5)1(6)7/h3-10,15,19-20,26,32-33,49-50H,13-14,16-18,42-43H2,1-2H3,(H2,44,48)(H,46,51)(H,47,52);2*(H,6,7)/t19-,20-,26+,32+,33+;;/m1../s1. The normalized spacial score (nSPS) is 13.0. The molecule has 73 heavy (non-hydrogen) atoms. The Labute approximate surface area is 417 Å². The summed E-state index contributed by atoms with van der Waals surface area (Å²) in [6.07, 6.45) is -12.9. The van der Waals surface area contributed by atoms with Gasteiger partial charge in [0.1, 0.15) is 53.8 Å². The van der Waals surface area contributed by atoms with E-state index < -0.39 is 105 Å². The average Bonchev–Trinajstić information content (AvgIpc) is 3.81. The molecule has 12 N–H and O–H groups in total. The second-order valence-corrected chi connectivity index (χ2v) is 15.6. The largest absolute Gasteiger partial charge is 0.490 e. The number of rotatable bonds is 19. The van der Waals surface area contributed by atoms with Gasteiger partial charge < -0.3 is 66.9 Å². The number of benzene rings is 2. The van der Waals surface area contributed by atoms with Crippen LogP contribution in [0.1, 0.15) is 30.7 Å². The Bertz CT molecular complexity index is 2620. The van der Waals surface area contributed by atoms with E-state index in [2.05, 4.69) is 26.7 Å². The van der Waals surface area contributed by atoms with Crippen molar-refractivity contribution in [1.82, 2.24) is 20.6 Å². The van der Waals surface area contributed by atoms with E-state index in [0.717, 1.165) is 0 Å². The number of nitrogens with zero attached hydrogens (tertiary/aromatic N) is 4. The first-order chi connectivity index (χ1) is 34.1. The third-order valence-corrected chi connectivity index (χ3v) is 9.91. The highest BCUT2D eigenvalue weighted by Gasteiger charge is 2.39. The molecule has 2 heterocycles. The maximum atomic E-state index is 13.1. The van der Waals surface area contributed by atoms with Crippen molar-refractivity contribution < 1.29 is 94.2 Å². The minimum Gasteiger partial charge on any atom is -0.490 e. The summed E-state index contributed by atoms with van der Waals surface area (Å²) in [7, 11) is 0. The lowest BCUT2D eigenvalue weighted by Gasteiger charge is -2.25. The molecule has 0 fully saturated rings. The number of amides is 2. The van der Waals surface area contributed by atoms with Gasteiger partial charge >= 0.3 is 36.2 Å². The Hall–Kier alpha value is -7.74. The number of halogens is 7. The highest BCUT2D eigenvalue weighted by atomic mass is 35.5. The van der Waals surface area contributed by atoms with E-state index >= 15 is 0 Å². The molecule has 0 aliphatic heterocycles. The number of carboxylic acids is 2. The average molecular weight is 1080 g/mol. The fourth-order valence-electron chi connectivity index (χ4n) is 5.18. The molecule has 4 aromatic rings. The number of carboxylic acid groups (broad SMARTS) is 2. The van der Waals surface area contributed by atoms with E-state index in [9.17, 15) is 66.3 Å². The van der Waals surface area contributed by atoms with E-state index in [4.69, 9.17) is 67.2 Å². The molecule has 23 nitrogen and oxygen atoms in total. The molecule has 2 aromatic carbocycles. The lowest BCUT2D eigenvalue weighted by molar-refractivity contribution is -0.193. The van der Waals surface area contributed by atoms with Gasteiger partial charge in [-0.1, -0.05) is 35.5 Å². The number of pyridine rings is 1. The molecule has 0 saturated carbocycles. The van der Waals surface area contributed by atoms with Gasteiger partial charge in [-0.2, -0.15) is 36.9 Å². The summed E-state index contributed by atoms with van der Waals surface area (Å²) in [6.45, 7) is 0.386. The van der Waals surface area contributed by atoms with Gasteiger partial charge in [0.15, 0.2) is 18.2 Å². The number of aromatic nitrogens is 2. The number of carbonyl (C=O) groups excluding carboxylic acids is 4. The zero-order valence-electron chi connectivity index (χ0n) is 37.6. The van der Waals surface area contributed by atoms with Crippen LogP contribution in [0.25, 0.3) is 22.6 Å². The van der Waals surface area contributed by atoms with Crippen LogP contribution in [0.15, 0.2) is 64.2 Å². The van der Waals surface area contributed by atoms with E-state index in [-0.39, 0.29) is 39.0 Å². The topological polar surface area (TPSA) is 400 Å². The summed E-state index contributed by atoms with van der Waals surface area (Å²) in [5, 5.41) is 60.0. The molecule has 394 valence electrons. The Morgan fingerprint density at radius 3 is 1.71 bits per heavy atom. The van der Waals surface area contributed by atoms with Crippen LogP contribution in [0.4, 0.5) is 32.2 Å². The maximum absolute atomic E-state index is 13.1. The minimum atomic E-state index is -5.08. The number of nitriles is 2. The number of nitrogens with one attached hydrogen (secondary N) is 2. The number of esters is 2. The van der Waals surface area contributed by atoms with Crippen LogP contribution in [0.3, 0.4) is 0 Å². The third kappa shape index (κ3) is 19.8. The van der Waals surface area contributed by atoms with Crippen molar-refractivity contribution in [2.75, 3.05) is 32.0 Å². The number of nitrogens with two attached hydrogens (primary N) is 3. The van der Waals surface area contributed by atoms with E-state index in [1.54, 1.807) is 36.4 Å². The zero-order valence-corrected chi connectivity index (χ0v) is 39.1. The van der Waals surface area contributed by atoms with E-state index in [1.807, 2.05) is 6.07 Å². The molecule has 31 heteroatoms. The van der Waals surface area contributed by atoms with Crippen LogP contribution >= 0.6 is 23.4 Å². The molecule has 0 bridgehead atoms. The van der Waals surface area contributed by atoms with Crippen molar-refractivity contribution in [2.45, 2.75) is 67.4 Å². The summed E-state index contributed by atoms with van der Waals surface area (Å²) >= 11 is 7.15. The van der Waals surface area contributed by atoms with Gasteiger partial charge in [0.05, 0.1) is 36.6 Å². The fourth-order valence-corrected chi connectivity index (χ4v) is 6.17. The van der Waals surface area contributed by atoms with Gasteiger partial charge in [-0.25, -0.2) is 29.1 Å². The number of oxazole rings is 1. The Balaban J connectivity index is 0.00000114. The molecule has 2 aromatic heterocycles. The molecule has 0 unspecified atom stereocenters. The fraction of sp³-hybridized carbons (Fsp3) is 0.333.